The second kappa shape index (κ2) is 3.32. The average Bonchev–Trinajstić information content (AvgIpc) is 2.13. The minimum atomic E-state index is -3.07. The molecular formula is C11H15NO2S. The van der Waals surface area contributed by atoms with Crippen LogP contribution in [0, 0.1) is 0 Å². The van der Waals surface area contributed by atoms with Crippen molar-refractivity contribution in [3.63, 3.8) is 0 Å². The second-order valence-corrected chi connectivity index (χ2v) is 6.32. The Balaban J connectivity index is 2.32. The number of rotatable bonds is 2. The largest absolute Gasteiger partial charge is 0.307 e. The van der Waals surface area contributed by atoms with E-state index in [2.05, 4.69) is 12.2 Å². The van der Waals surface area contributed by atoms with Crippen molar-refractivity contribution in [2.75, 3.05) is 12.8 Å². The van der Waals surface area contributed by atoms with Gasteiger partial charge in [0.1, 0.15) is 0 Å². The molecule has 0 aromatic heterocycles. The van der Waals surface area contributed by atoms with Crippen LogP contribution >= 0.6 is 0 Å². The summed E-state index contributed by atoms with van der Waals surface area (Å²) in [7, 11) is -3.07. The van der Waals surface area contributed by atoms with Crippen LogP contribution in [0.25, 0.3) is 0 Å². The van der Waals surface area contributed by atoms with Crippen LogP contribution in [0.5, 0.6) is 0 Å². The SMILES string of the molecule is CC1(c2ccc(S(C)(=O)=O)cc2)CCN1. The van der Waals surface area contributed by atoms with Gasteiger partial charge in [-0.1, -0.05) is 12.1 Å². The van der Waals surface area contributed by atoms with Crippen LogP contribution in [-0.2, 0) is 15.4 Å². The Kier molecular flexibility index (Phi) is 2.35. The Hall–Kier alpha value is -0.870. The standard InChI is InChI=1S/C11H15NO2S/c1-11(7-8-12-11)9-3-5-10(6-4-9)15(2,13)14/h3-6,12H,7-8H2,1-2H3. The van der Waals surface area contributed by atoms with Crippen LogP contribution in [0.2, 0.25) is 0 Å². The maximum atomic E-state index is 11.3. The molecule has 15 heavy (non-hydrogen) atoms. The van der Waals surface area contributed by atoms with Crippen molar-refractivity contribution in [3.05, 3.63) is 29.8 Å². The number of sulfone groups is 1. The van der Waals surface area contributed by atoms with Crippen molar-refractivity contribution in [2.45, 2.75) is 23.8 Å². The Morgan fingerprint density at radius 2 is 1.80 bits per heavy atom. The number of nitrogens with one attached hydrogen (secondary N) is 1. The first-order valence-corrected chi connectivity index (χ1v) is 6.87. The van der Waals surface area contributed by atoms with E-state index in [-0.39, 0.29) is 5.54 Å². The van der Waals surface area contributed by atoms with E-state index in [9.17, 15) is 8.42 Å². The summed E-state index contributed by atoms with van der Waals surface area (Å²) in [4.78, 5) is 0.383. The van der Waals surface area contributed by atoms with E-state index in [1.54, 1.807) is 12.1 Å². The molecule has 1 aliphatic rings. The maximum absolute atomic E-state index is 11.3. The van der Waals surface area contributed by atoms with Crippen molar-refractivity contribution in [3.8, 4) is 0 Å². The zero-order chi connectivity index (χ0) is 11.1. The molecule has 4 heteroatoms. The highest BCUT2D eigenvalue weighted by Gasteiger charge is 2.32. The third-order valence-electron chi connectivity index (χ3n) is 3.06. The molecule has 2 rings (SSSR count). The van der Waals surface area contributed by atoms with Gasteiger partial charge in [0, 0.05) is 11.8 Å². The highest BCUT2D eigenvalue weighted by molar-refractivity contribution is 7.90. The van der Waals surface area contributed by atoms with Crippen LogP contribution in [0.1, 0.15) is 18.9 Å². The first kappa shape index (κ1) is 10.6. The van der Waals surface area contributed by atoms with Crippen molar-refractivity contribution in [1.29, 1.82) is 0 Å². The summed E-state index contributed by atoms with van der Waals surface area (Å²) in [5.74, 6) is 0. The fourth-order valence-corrected chi connectivity index (χ4v) is 2.45. The van der Waals surface area contributed by atoms with Gasteiger partial charge in [-0.2, -0.15) is 0 Å². The Morgan fingerprint density at radius 1 is 1.27 bits per heavy atom. The summed E-state index contributed by atoms with van der Waals surface area (Å²) in [6.45, 7) is 3.16. The van der Waals surface area contributed by atoms with Gasteiger partial charge in [0.2, 0.25) is 0 Å². The number of hydrogen-bond donors (Lipinski definition) is 1. The van der Waals surface area contributed by atoms with Crippen LogP contribution in [0.3, 0.4) is 0 Å². The minimum Gasteiger partial charge on any atom is -0.307 e. The predicted molar refractivity (Wildman–Crippen MR) is 59.5 cm³/mol. The van der Waals surface area contributed by atoms with Gasteiger partial charge in [0.05, 0.1) is 4.90 Å². The summed E-state index contributed by atoms with van der Waals surface area (Å²) < 4.78 is 22.5. The van der Waals surface area contributed by atoms with Crippen molar-refractivity contribution in [1.82, 2.24) is 5.32 Å². The van der Waals surface area contributed by atoms with E-state index in [1.807, 2.05) is 12.1 Å². The zero-order valence-electron chi connectivity index (χ0n) is 8.95. The lowest BCUT2D eigenvalue weighted by atomic mass is 9.83. The monoisotopic (exact) mass is 225 g/mol. The lowest BCUT2D eigenvalue weighted by Gasteiger charge is -2.40. The molecule has 1 aromatic rings. The molecule has 1 heterocycles. The van der Waals surface area contributed by atoms with Gasteiger partial charge in [0.15, 0.2) is 9.84 Å². The minimum absolute atomic E-state index is 0.0377. The molecule has 0 bridgehead atoms. The van der Waals surface area contributed by atoms with Gasteiger partial charge < -0.3 is 5.32 Å². The van der Waals surface area contributed by atoms with E-state index in [0.29, 0.717) is 4.90 Å². The smallest absolute Gasteiger partial charge is 0.175 e. The van der Waals surface area contributed by atoms with Gasteiger partial charge in [-0.15, -0.1) is 0 Å². The van der Waals surface area contributed by atoms with Gasteiger partial charge >= 0.3 is 0 Å². The first-order valence-electron chi connectivity index (χ1n) is 4.97. The molecule has 0 amide bonds. The third-order valence-corrected chi connectivity index (χ3v) is 4.19. The maximum Gasteiger partial charge on any atom is 0.175 e. The highest BCUT2D eigenvalue weighted by Crippen LogP contribution is 2.30. The Labute approximate surface area is 90.4 Å². The van der Waals surface area contributed by atoms with Gasteiger partial charge in [-0.05, 0) is 37.6 Å². The molecule has 0 spiro atoms. The van der Waals surface area contributed by atoms with Gasteiger partial charge in [0.25, 0.3) is 0 Å². The molecule has 1 unspecified atom stereocenters. The van der Waals surface area contributed by atoms with Crippen molar-refractivity contribution < 1.29 is 8.42 Å². The highest BCUT2D eigenvalue weighted by atomic mass is 32.2. The fourth-order valence-electron chi connectivity index (χ4n) is 1.82. The second-order valence-electron chi connectivity index (χ2n) is 4.31. The van der Waals surface area contributed by atoms with Gasteiger partial charge in [-0.25, -0.2) is 8.42 Å². The normalized spacial score (nSPS) is 26.0. The molecular weight excluding hydrogens is 210 g/mol. The molecule has 1 saturated heterocycles. The lowest BCUT2D eigenvalue weighted by Crippen LogP contribution is -2.51. The molecule has 1 aliphatic heterocycles. The summed E-state index contributed by atoms with van der Waals surface area (Å²) in [5, 5.41) is 3.35. The molecule has 1 N–H and O–H groups in total. The van der Waals surface area contributed by atoms with Crippen LogP contribution in [0.4, 0.5) is 0 Å². The van der Waals surface area contributed by atoms with E-state index in [4.69, 9.17) is 0 Å². The number of hydrogen-bond acceptors (Lipinski definition) is 3. The summed E-state index contributed by atoms with van der Waals surface area (Å²) in [5.41, 5.74) is 1.19. The quantitative estimate of drug-likeness (QED) is 0.825. The van der Waals surface area contributed by atoms with E-state index in [0.717, 1.165) is 18.5 Å². The first-order chi connectivity index (χ1) is 6.92. The fraction of sp³-hybridized carbons (Fsp3) is 0.455. The van der Waals surface area contributed by atoms with E-state index >= 15 is 0 Å². The van der Waals surface area contributed by atoms with Crippen LogP contribution < -0.4 is 5.32 Å². The van der Waals surface area contributed by atoms with Gasteiger partial charge in [-0.3, -0.25) is 0 Å². The molecule has 1 aromatic carbocycles. The molecule has 1 atom stereocenters. The number of benzene rings is 1. The summed E-state index contributed by atoms with van der Waals surface area (Å²) >= 11 is 0. The molecule has 0 aliphatic carbocycles. The Morgan fingerprint density at radius 3 is 2.13 bits per heavy atom. The third kappa shape index (κ3) is 1.92. The molecule has 0 radical (unpaired) electrons. The Bertz CT molecular complexity index is 458. The van der Waals surface area contributed by atoms with Crippen molar-refractivity contribution >= 4 is 9.84 Å². The molecule has 1 fully saturated rings. The molecule has 0 saturated carbocycles. The summed E-state index contributed by atoms with van der Waals surface area (Å²) in [6, 6.07) is 7.14. The van der Waals surface area contributed by atoms with Crippen LogP contribution in [-0.4, -0.2) is 21.2 Å². The summed E-state index contributed by atoms with van der Waals surface area (Å²) in [6.07, 6.45) is 2.33. The topological polar surface area (TPSA) is 46.2 Å². The van der Waals surface area contributed by atoms with E-state index in [1.165, 1.54) is 6.26 Å². The zero-order valence-corrected chi connectivity index (χ0v) is 9.76. The molecule has 3 nitrogen and oxygen atoms in total. The van der Waals surface area contributed by atoms with Crippen molar-refractivity contribution in [2.24, 2.45) is 0 Å². The predicted octanol–water partition coefficient (Wildman–Crippen LogP) is 1.30. The van der Waals surface area contributed by atoms with E-state index < -0.39 is 9.84 Å². The van der Waals surface area contributed by atoms with Crippen LogP contribution in [0.15, 0.2) is 29.2 Å². The molecule has 82 valence electrons. The lowest BCUT2D eigenvalue weighted by molar-refractivity contribution is 0.236. The average molecular weight is 225 g/mol.